The van der Waals surface area contributed by atoms with Gasteiger partial charge in [0.1, 0.15) is 19.5 Å². The van der Waals surface area contributed by atoms with Crippen molar-refractivity contribution in [3.63, 3.8) is 0 Å². The van der Waals surface area contributed by atoms with Gasteiger partial charge in [0.15, 0.2) is 11.5 Å². The number of rotatable bonds is 8. The Morgan fingerprint density at radius 2 is 1.84 bits per heavy atom. The van der Waals surface area contributed by atoms with Gasteiger partial charge in [-0.3, -0.25) is 9.59 Å². The summed E-state index contributed by atoms with van der Waals surface area (Å²) in [6.07, 6.45) is 4.91. The zero-order chi connectivity index (χ0) is 27.0. The van der Waals surface area contributed by atoms with Gasteiger partial charge in [-0.05, 0) is 50.2 Å². The van der Waals surface area contributed by atoms with Crippen LogP contribution in [0.25, 0.3) is 33.5 Å². The number of fused-ring (bicyclic) bond motifs is 1. The second-order valence-corrected chi connectivity index (χ2v) is 10.0. The molecule has 0 saturated carbocycles. The minimum absolute atomic E-state index is 0.0309. The first-order chi connectivity index (χ1) is 18.3. The molecule has 0 atom stereocenters. The lowest BCUT2D eigenvalue weighted by Crippen LogP contribution is -2.27. The first kappa shape index (κ1) is 26.0. The summed E-state index contributed by atoms with van der Waals surface area (Å²) < 4.78 is 2.85. The van der Waals surface area contributed by atoms with Crippen molar-refractivity contribution >= 4 is 46.0 Å². The molecule has 1 saturated heterocycles. The minimum Gasteiger partial charge on any atom is -0.412 e. The number of halogens is 2. The molecule has 0 spiro atoms. The Morgan fingerprint density at radius 1 is 1.13 bits per heavy atom. The monoisotopic (exact) mass is 555 g/mol. The van der Waals surface area contributed by atoms with Crippen LogP contribution in [0.15, 0.2) is 41.3 Å². The summed E-state index contributed by atoms with van der Waals surface area (Å²) in [5, 5.41) is 1.02. The van der Waals surface area contributed by atoms with Gasteiger partial charge >= 0.3 is 0 Å². The summed E-state index contributed by atoms with van der Waals surface area (Å²) in [7, 11) is 1.36. The van der Waals surface area contributed by atoms with Gasteiger partial charge in [-0.25, -0.2) is 9.97 Å². The molecule has 4 aromatic rings. The van der Waals surface area contributed by atoms with Crippen molar-refractivity contribution in [2.75, 3.05) is 32.5 Å². The molecule has 38 heavy (non-hydrogen) atoms. The average molecular weight is 556 g/mol. The first-order valence-electron chi connectivity index (χ1n) is 12.2. The van der Waals surface area contributed by atoms with E-state index in [0.29, 0.717) is 26.6 Å². The van der Waals surface area contributed by atoms with Crippen molar-refractivity contribution in [1.29, 1.82) is 0 Å². The molecule has 1 amide bonds. The SMILES string of the molecule is COn1c(=O)c(-c2c(Cl)cccc2Cl)cc2c(N)nc(-c3cc(CCN4CCCC4)n(CC(N)=O)c3)nc21. The molecule has 198 valence electrons. The van der Waals surface area contributed by atoms with Crippen LogP contribution in [0.3, 0.4) is 0 Å². The Kier molecular flexibility index (Phi) is 7.29. The number of hydrogen-bond acceptors (Lipinski definition) is 7. The number of carbonyl (C=O) groups excluding carboxylic acids is 1. The molecular weight excluding hydrogens is 529 g/mol. The van der Waals surface area contributed by atoms with E-state index < -0.39 is 11.5 Å². The number of aromatic nitrogens is 4. The van der Waals surface area contributed by atoms with Crippen LogP contribution in [0.4, 0.5) is 5.82 Å². The van der Waals surface area contributed by atoms with Crippen LogP contribution < -0.4 is 21.9 Å². The quantitative estimate of drug-likeness (QED) is 0.341. The predicted molar refractivity (Wildman–Crippen MR) is 148 cm³/mol. The molecule has 1 aliphatic heterocycles. The van der Waals surface area contributed by atoms with E-state index in [4.69, 9.17) is 39.5 Å². The third-order valence-corrected chi connectivity index (χ3v) is 7.35. The smallest absolute Gasteiger partial charge is 0.293 e. The zero-order valence-electron chi connectivity index (χ0n) is 20.8. The van der Waals surface area contributed by atoms with Crippen molar-refractivity contribution in [3.05, 3.63) is 62.6 Å². The van der Waals surface area contributed by atoms with E-state index in [0.717, 1.165) is 36.5 Å². The molecule has 1 aliphatic rings. The maximum Gasteiger partial charge on any atom is 0.293 e. The fourth-order valence-electron chi connectivity index (χ4n) is 4.89. The van der Waals surface area contributed by atoms with Crippen molar-refractivity contribution in [2.45, 2.75) is 25.8 Å². The third kappa shape index (κ3) is 4.94. The number of amides is 1. The van der Waals surface area contributed by atoms with Crippen LogP contribution in [-0.2, 0) is 17.8 Å². The van der Waals surface area contributed by atoms with E-state index in [1.807, 2.05) is 10.6 Å². The van der Waals surface area contributed by atoms with Gasteiger partial charge in [0.05, 0.1) is 21.0 Å². The molecular formula is C26H27Cl2N7O3. The molecule has 4 heterocycles. The largest absolute Gasteiger partial charge is 0.412 e. The van der Waals surface area contributed by atoms with Crippen LogP contribution in [0.5, 0.6) is 0 Å². The Hall–Kier alpha value is -3.60. The number of benzene rings is 1. The lowest BCUT2D eigenvalue weighted by molar-refractivity contribution is -0.118. The second-order valence-electron chi connectivity index (χ2n) is 9.22. The first-order valence-corrected chi connectivity index (χ1v) is 12.9. The summed E-state index contributed by atoms with van der Waals surface area (Å²) in [6, 6.07) is 8.47. The molecule has 0 bridgehead atoms. The fraction of sp³-hybridized carbons (Fsp3) is 0.308. The van der Waals surface area contributed by atoms with Crippen molar-refractivity contribution in [2.24, 2.45) is 5.73 Å². The Labute approximate surface area is 228 Å². The summed E-state index contributed by atoms with van der Waals surface area (Å²) >= 11 is 12.7. The van der Waals surface area contributed by atoms with Crippen LogP contribution in [0, 0.1) is 0 Å². The van der Waals surface area contributed by atoms with Crippen LogP contribution in [0.1, 0.15) is 18.5 Å². The minimum atomic E-state index is -0.503. The van der Waals surface area contributed by atoms with E-state index >= 15 is 0 Å². The van der Waals surface area contributed by atoms with Crippen LogP contribution in [0.2, 0.25) is 10.0 Å². The molecule has 0 unspecified atom stereocenters. The number of hydrogen-bond donors (Lipinski definition) is 2. The Balaban J connectivity index is 1.61. The number of likely N-dealkylation sites (tertiary alicyclic amines) is 1. The number of carbonyl (C=O) groups is 1. The predicted octanol–water partition coefficient (Wildman–Crippen LogP) is 3.00. The van der Waals surface area contributed by atoms with E-state index in [-0.39, 0.29) is 29.4 Å². The highest BCUT2D eigenvalue weighted by molar-refractivity contribution is 6.39. The van der Waals surface area contributed by atoms with Crippen molar-refractivity contribution in [1.82, 2.24) is 24.2 Å². The fourth-order valence-corrected chi connectivity index (χ4v) is 5.50. The molecule has 1 fully saturated rings. The molecule has 3 aromatic heterocycles. The topological polar surface area (TPSA) is 134 Å². The van der Waals surface area contributed by atoms with Crippen LogP contribution >= 0.6 is 23.2 Å². The number of pyridine rings is 1. The molecule has 0 aliphatic carbocycles. The summed E-state index contributed by atoms with van der Waals surface area (Å²) in [6.45, 7) is 3.05. The van der Waals surface area contributed by atoms with Gasteiger partial charge in [0.25, 0.3) is 5.56 Å². The third-order valence-electron chi connectivity index (χ3n) is 6.72. The number of nitrogen functional groups attached to an aromatic ring is 1. The summed E-state index contributed by atoms with van der Waals surface area (Å²) in [5.41, 5.74) is 13.7. The maximum absolute atomic E-state index is 13.4. The van der Waals surface area contributed by atoms with E-state index in [2.05, 4.69) is 14.9 Å². The molecule has 10 nitrogen and oxygen atoms in total. The molecule has 12 heteroatoms. The average Bonchev–Trinajstić information content (AvgIpc) is 3.53. The standard InChI is InChI=1S/C26H27Cl2N7O3/c1-38-35-25-18(12-17(26(35)37)22-19(27)5-4-6-20(22)28)23(30)31-24(32-25)15-11-16(34(13-15)14-21(29)36)7-10-33-8-2-3-9-33/h4-6,11-13H,2-3,7-10,14H2,1H3,(H2,29,36)(H2,30,31,32). The van der Waals surface area contributed by atoms with Crippen molar-refractivity contribution < 1.29 is 9.63 Å². The number of primary amides is 1. The number of nitrogens with zero attached hydrogens (tertiary/aromatic N) is 5. The Morgan fingerprint density at radius 3 is 2.50 bits per heavy atom. The molecule has 5 rings (SSSR count). The van der Waals surface area contributed by atoms with E-state index in [9.17, 15) is 9.59 Å². The molecule has 1 aromatic carbocycles. The van der Waals surface area contributed by atoms with Crippen molar-refractivity contribution in [3.8, 4) is 22.5 Å². The Bertz CT molecular complexity index is 1570. The van der Waals surface area contributed by atoms with Gasteiger partial charge in [0, 0.05) is 36.0 Å². The van der Waals surface area contributed by atoms with Gasteiger partial charge < -0.3 is 25.8 Å². The highest BCUT2D eigenvalue weighted by atomic mass is 35.5. The number of anilines is 1. The van der Waals surface area contributed by atoms with E-state index in [1.165, 1.54) is 20.0 Å². The van der Waals surface area contributed by atoms with Crippen LogP contribution in [-0.4, -0.2) is 56.8 Å². The van der Waals surface area contributed by atoms with Gasteiger partial charge in [0.2, 0.25) is 5.91 Å². The molecule has 0 radical (unpaired) electrons. The lowest BCUT2D eigenvalue weighted by Gasteiger charge is -2.15. The van der Waals surface area contributed by atoms with E-state index in [1.54, 1.807) is 30.5 Å². The number of nitrogens with two attached hydrogens (primary N) is 2. The van der Waals surface area contributed by atoms with Gasteiger partial charge in [-0.15, -0.1) is 4.73 Å². The highest BCUT2D eigenvalue weighted by Gasteiger charge is 2.21. The molecule has 4 N–H and O–H groups in total. The summed E-state index contributed by atoms with van der Waals surface area (Å²) in [5.74, 6) is -0.0247. The highest BCUT2D eigenvalue weighted by Crippen LogP contribution is 2.35. The summed E-state index contributed by atoms with van der Waals surface area (Å²) in [4.78, 5) is 42.1. The second kappa shape index (κ2) is 10.6. The maximum atomic E-state index is 13.4. The normalized spacial score (nSPS) is 13.9. The van der Waals surface area contributed by atoms with Gasteiger partial charge in [-0.1, -0.05) is 29.3 Å². The van der Waals surface area contributed by atoms with Gasteiger partial charge in [-0.2, -0.15) is 0 Å². The zero-order valence-corrected chi connectivity index (χ0v) is 22.3. The lowest BCUT2D eigenvalue weighted by atomic mass is 10.1.